The van der Waals surface area contributed by atoms with Gasteiger partial charge in [0.05, 0.1) is 45.6 Å². The molecule has 0 aliphatic heterocycles. The monoisotopic (exact) mass is 1230 g/mol. The van der Waals surface area contributed by atoms with Crippen molar-refractivity contribution in [1.82, 2.24) is 19.9 Å². The van der Waals surface area contributed by atoms with E-state index in [9.17, 15) is 0 Å². The number of nitrogens with zero attached hydrogens (tertiary/aromatic N) is 5. The lowest BCUT2D eigenvalue weighted by Gasteiger charge is -2.27. The summed E-state index contributed by atoms with van der Waals surface area (Å²) < 4.78 is 3.28. The molecule has 4 aliphatic carbocycles. The second-order valence-corrected chi connectivity index (χ2v) is 25.1. The van der Waals surface area contributed by atoms with Crippen molar-refractivity contribution >= 4 is 76.2 Å². The summed E-state index contributed by atoms with van der Waals surface area (Å²) in [5.74, 6) is 0. The number of fused-ring (bicyclic) bond motifs is 12. The minimum absolute atomic E-state index is 0. The number of rotatable bonds is 5. The van der Waals surface area contributed by atoms with Gasteiger partial charge < -0.3 is 10.2 Å². The standard InChI is InChI=1S/C34H28BrN3.C22H18Br2N2.C12H11N.2CH4/c1-33(2)27-19-21(35)15-17-25(27)29-31(33)37-30-26-18-16-24(20-28(26)34(3,4)32(30)36-29)38(22-11-7-5-8-12-22)23-13-9-6-10-14-23;1-21(2)15-9-11(23)5-7-13(15)17-19(21)25-18-14-8-6-12(24)10-16(14)22(3,4)20(18)26-17;1-3-7-11(8-4-1)13-12-9-5-2-6-10-12;;/h5-20H,1-4H3;5-10H,1-4H3;1-10,13H;2*1H4. The quantitative estimate of drug-likeness (QED) is 0.185. The molecule has 8 aromatic carbocycles. The van der Waals surface area contributed by atoms with Gasteiger partial charge in [0, 0.05) is 85.8 Å². The normalized spacial score (nSPS) is 14.7. The molecule has 0 bridgehead atoms. The Morgan fingerprint density at radius 1 is 0.316 bits per heavy atom. The number of para-hydroxylation sites is 4. The number of anilines is 5. The lowest BCUT2D eigenvalue weighted by molar-refractivity contribution is 0.617. The second-order valence-electron chi connectivity index (χ2n) is 22.4. The maximum absolute atomic E-state index is 5.37. The Morgan fingerprint density at radius 3 is 0.886 bits per heavy atom. The topological polar surface area (TPSA) is 66.8 Å². The molecule has 1 N–H and O–H groups in total. The van der Waals surface area contributed by atoms with Crippen LogP contribution in [0.5, 0.6) is 0 Å². The van der Waals surface area contributed by atoms with Crippen LogP contribution in [0.4, 0.5) is 28.4 Å². The Balaban J connectivity index is 0.000000148. The van der Waals surface area contributed by atoms with E-state index in [1.807, 2.05) is 60.7 Å². The molecule has 0 atom stereocenters. The van der Waals surface area contributed by atoms with Crippen molar-refractivity contribution in [2.45, 2.75) is 91.9 Å². The third-order valence-electron chi connectivity index (χ3n) is 15.9. The van der Waals surface area contributed by atoms with Crippen LogP contribution in [-0.2, 0) is 21.7 Å². The Kier molecular flexibility index (Phi) is 14.6. The Bertz CT molecular complexity index is 3770. The predicted octanol–water partition coefficient (Wildman–Crippen LogP) is 20.6. The van der Waals surface area contributed by atoms with Gasteiger partial charge in [-0.3, -0.25) is 0 Å². The number of halogens is 3. The molecule has 14 rings (SSSR count). The highest BCUT2D eigenvalue weighted by atomic mass is 79.9. The van der Waals surface area contributed by atoms with E-state index in [0.717, 1.165) is 87.4 Å². The molecule has 10 aromatic rings. The summed E-state index contributed by atoms with van der Waals surface area (Å²) in [5.41, 5.74) is 23.1. The van der Waals surface area contributed by atoms with Gasteiger partial charge in [-0.05, 0) is 119 Å². The number of hydrogen-bond acceptors (Lipinski definition) is 6. The SMILES string of the molecule is C.C.CC1(C)c2cc(Br)ccc2-c2nc3c(nc21)-c1ccc(Br)cc1C3(C)C.CC1(C)c2cc(Br)ccc2-c2nc3c(nc21)-c1ccc(N(c2ccccc2)c2ccccc2)cc1C3(C)C.c1ccc(Nc2ccccc2)cc1. The second kappa shape index (κ2) is 20.9. The molecular weight excluding hydrogens is 1160 g/mol. The molecule has 0 spiro atoms. The lowest BCUT2D eigenvalue weighted by atomic mass is 9.84. The van der Waals surface area contributed by atoms with Crippen molar-refractivity contribution in [3.63, 3.8) is 0 Å². The zero-order chi connectivity index (χ0) is 53.6. The summed E-state index contributed by atoms with van der Waals surface area (Å²) >= 11 is 10.9. The van der Waals surface area contributed by atoms with E-state index in [4.69, 9.17) is 19.9 Å². The molecule has 0 fully saturated rings. The molecule has 6 nitrogen and oxygen atoms in total. The van der Waals surface area contributed by atoms with Gasteiger partial charge in [0.25, 0.3) is 0 Å². The molecule has 0 unspecified atom stereocenters. The first-order valence-corrected chi connectivity index (χ1v) is 28.5. The van der Waals surface area contributed by atoms with E-state index in [0.29, 0.717) is 0 Å². The van der Waals surface area contributed by atoms with Crippen LogP contribution in [0.25, 0.3) is 45.0 Å². The molecule has 396 valence electrons. The highest BCUT2D eigenvalue weighted by Crippen LogP contribution is 2.56. The molecule has 0 amide bonds. The van der Waals surface area contributed by atoms with Crippen LogP contribution in [0, 0.1) is 0 Å². The highest BCUT2D eigenvalue weighted by molar-refractivity contribution is 9.11. The maximum atomic E-state index is 5.37. The fourth-order valence-corrected chi connectivity index (χ4v) is 12.9. The van der Waals surface area contributed by atoms with Crippen LogP contribution in [0.3, 0.4) is 0 Å². The molecule has 4 aliphatic rings. The lowest BCUT2D eigenvalue weighted by Crippen LogP contribution is -2.20. The van der Waals surface area contributed by atoms with Crippen LogP contribution >= 0.6 is 47.8 Å². The van der Waals surface area contributed by atoms with E-state index < -0.39 is 0 Å². The van der Waals surface area contributed by atoms with Gasteiger partial charge in [0.2, 0.25) is 0 Å². The summed E-state index contributed by atoms with van der Waals surface area (Å²) in [4.78, 5) is 23.5. The molecule has 9 heteroatoms. The Morgan fingerprint density at radius 2 is 0.582 bits per heavy atom. The third-order valence-corrected chi connectivity index (χ3v) is 17.4. The van der Waals surface area contributed by atoms with Gasteiger partial charge in [-0.2, -0.15) is 0 Å². The smallest absolute Gasteiger partial charge is 0.0933 e. The average molecular weight is 1230 g/mol. The fourth-order valence-electron chi connectivity index (χ4n) is 11.8. The van der Waals surface area contributed by atoms with E-state index in [1.54, 1.807) is 0 Å². The van der Waals surface area contributed by atoms with Crippen molar-refractivity contribution in [1.29, 1.82) is 0 Å². The maximum Gasteiger partial charge on any atom is 0.0933 e. The minimum atomic E-state index is -0.274. The first-order valence-electron chi connectivity index (χ1n) is 26.1. The van der Waals surface area contributed by atoms with Gasteiger partial charge >= 0.3 is 0 Å². The minimum Gasteiger partial charge on any atom is -0.356 e. The number of aromatic nitrogens is 4. The molecule has 0 saturated heterocycles. The van der Waals surface area contributed by atoms with Crippen molar-refractivity contribution < 1.29 is 0 Å². The summed E-state index contributed by atoms with van der Waals surface area (Å²) in [7, 11) is 0. The van der Waals surface area contributed by atoms with Crippen LogP contribution < -0.4 is 10.2 Å². The van der Waals surface area contributed by atoms with E-state index in [1.165, 1.54) is 44.5 Å². The van der Waals surface area contributed by atoms with E-state index in [2.05, 4.69) is 247 Å². The van der Waals surface area contributed by atoms with Crippen LogP contribution in [0.2, 0.25) is 0 Å². The number of nitrogens with one attached hydrogen (secondary N) is 1. The number of hydrogen-bond donors (Lipinski definition) is 1. The molecule has 0 saturated carbocycles. The van der Waals surface area contributed by atoms with E-state index in [-0.39, 0.29) is 36.5 Å². The summed E-state index contributed by atoms with van der Waals surface area (Å²) in [6.07, 6.45) is 0. The summed E-state index contributed by atoms with van der Waals surface area (Å²) in [6, 6.07) is 67.6. The highest BCUT2D eigenvalue weighted by Gasteiger charge is 2.46. The first-order chi connectivity index (χ1) is 36.9. The van der Waals surface area contributed by atoms with Gasteiger partial charge in [0.1, 0.15) is 0 Å². The number of benzene rings is 8. The molecule has 0 radical (unpaired) electrons. The Hall–Kier alpha value is -7.04. The van der Waals surface area contributed by atoms with Crippen LogP contribution in [0.1, 0.15) is 115 Å². The Labute approximate surface area is 492 Å². The third kappa shape index (κ3) is 9.45. The van der Waals surface area contributed by atoms with Gasteiger partial charge in [-0.25, -0.2) is 19.9 Å². The molecule has 79 heavy (non-hydrogen) atoms. The molecule has 2 aromatic heterocycles. The van der Waals surface area contributed by atoms with Crippen molar-refractivity contribution in [3.8, 4) is 45.0 Å². The van der Waals surface area contributed by atoms with Crippen molar-refractivity contribution in [3.05, 3.63) is 253 Å². The summed E-state index contributed by atoms with van der Waals surface area (Å²) in [6.45, 7) is 18.0. The predicted molar refractivity (Wildman–Crippen MR) is 342 cm³/mol. The molecular formula is C70H65Br3N6. The zero-order valence-corrected chi connectivity index (χ0v) is 49.1. The van der Waals surface area contributed by atoms with Crippen molar-refractivity contribution in [2.75, 3.05) is 10.2 Å². The van der Waals surface area contributed by atoms with Crippen LogP contribution in [0.15, 0.2) is 208 Å². The van der Waals surface area contributed by atoms with Gasteiger partial charge in [-0.1, -0.05) is 215 Å². The van der Waals surface area contributed by atoms with Gasteiger partial charge in [0.15, 0.2) is 0 Å². The van der Waals surface area contributed by atoms with Gasteiger partial charge in [-0.15, -0.1) is 0 Å². The van der Waals surface area contributed by atoms with Crippen molar-refractivity contribution in [2.24, 2.45) is 0 Å². The average Bonchev–Trinajstić information content (AvgIpc) is 4.17. The largest absolute Gasteiger partial charge is 0.356 e. The fraction of sp³-hybridized carbons (Fsp3) is 0.200. The molecule has 2 heterocycles. The zero-order valence-electron chi connectivity index (χ0n) is 44.3. The van der Waals surface area contributed by atoms with Crippen LogP contribution in [-0.4, -0.2) is 19.9 Å². The first kappa shape index (κ1) is 55.3. The van der Waals surface area contributed by atoms with E-state index >= 15 is 0 Å². The summed E-state index contributed by atoms with van der Waals surface area (Å²) in [5, 5.41) is 3.30.